The number of hydrogen-bond acceptors (Lipinski definition) is 4. The third kappa shape index (κ3) is 3.71. The fourth-order valence-corrected chi connectivity index (χ4v) is 5.31. The number of imide groups is 1. The molecule has 2 aliphatic rings. The van der Waals surface area contributed by atoms with Crippen molar-refractivity contribution in [3.05, 3.63) is 108 Å². The first kappa shape index (κ1) is 22.8. The normalized spacial score (nSPS) is 20.9. The van der Waals surface area contributed by atoms with Crippen LogP contribution in [0.3, 0.4) is 0 Å². The van der Waals surface area contributed by atoms with E-state index in [0.29, 0.717) is 17.0 Å². The summed E-state index contributed by atoms with van der Waals surface area (Å²) in [7, 11) is 0. The molecule has 1 fully saturated rings. The number of para-hydroxylation sites is 2. The number of rotatable bonds is 4. The van der Waals surface area contributed by atoms with Gasteiger partial charge in [0.25, 0.3) is 5.91 Å². The molecule has 0 bridgehead atoms. The molecule has 1 N–H and O–H groups in total. The van der Waals surface area contributed by atoms with Crippen molar-refractivity contribution in [3.8, 4) is 5.75 Å². The van der Waals surface area contributed by atoms with Crippen LogP contribution in [-0.4, -0.2) is 35.9 Å². The molecule has 0 aromatic heterocycles. The zero-order valence-corrected chi connectivity index (χ0v) is 20.3. The van der Waals surface area contributed by atoms with E-state index in [2.05, 4.69) is 5.32 Å². The lowest BCUT2D eigenvalue weighted by Crippen LogP contribution is -2.48. The second kappa shape index (κ2) is 8.78. The van der Waals surface area contributed by atoms with E-state index in [-0.39, 0.29) is 19.1 Å². The van der Waals surface area contributed by atoms with Gasteiger partial charge in [0.2, 0.25) is 5.91 Å². The molecule has 2 atom stereocenters. The number of carbonyl (C=O) groups excluding carboxylic acids is 3. The Kier molecular flexibility index (Phi) is 5.41. The summed E-state index contributed by atoms with van der Waals surface area (Å²) in [5.74, 6) is -0.240. The molecular formula is C30H25N3O4. The van der Waals surface area contributed by atoms with Crippen molar-refractivity contribution in [3.63, 3.8) is 0 Å². The van der Waals surface area contributed by atoms with Gasteiger partial charge >= 0.3 is 6.03 Å². The summed E-state index contributed by atoms with van der Waals surface area (Å²) >= 11 is 0. The Labute approximate surface area is 214 Å². The molecular weight excluding hydrogens is 466 g/mol. The number of nitrogens with one attached hydrogen (secondary N) is 1. The highest BCUT2D eigenvalue weighted by Crippen LogP contribution is 2.40. The van der Waals surface area contributed by atoms with Gasteiger partial charge in [-0.25, -0.2) is 4.79 Å². The smallest absolute Gasteiger partial charge is 0.325 e. The number of hydrogen-bond donors (Lipinski definition) is 1. The van der Waals surface area contributed by atoms with Crippen LogP contribution in [-0.2, 0) is 15.1 Å². The Morgan fingerprint density at radius 1 is 0.919 bits per heavy atom. The molecule has 184 valence electrons. The number of benzene rings is 4. The average molecular weight is 492 g/mol. The van der Waals surface area contributed by atoms with Crippen LogP contribution < -0.4 is 15.0 Å². The third-order valence-corrected chi connectivity index (χ3v) is 7.18. The number of anilines is 1. The van der Waals surface area contributed by atoms with Gasteiger partial charge < -0.3 is 10.1 Å². The maximum Gasteiger partial charge on any atom is 0.325 e. The van der Waals surface area contributed by atoms with Crippen LogP contribution in [0, 0.1) is 0 Å². The van der Waals surface area contributed by atoms with Crippen molar-refractivity contribution in [2.24, 2.45) is 0 Å². The summed E-state index contributed by atoms with van der Waals surface area (Å²) in [4.78, 5) is 43.4. The van der Waals surface area contributed by atoms with E-state index < -0.39 is 23.5 Å². The molecule has 37 heavy (non-hydrogen) atoms. The van der Waals surface area contributed by atoms with E-state index in [1.165, 1.54) is 0 Å². The Bertz CT molecular complexity index is 1530. The van der Waals surface area contributed by atoms with Crippen LogP contribution in [0.1, 0.15) is 24.1 Å². The Morgan fingerprint density at radius 2 is 1.62 bits per heavy atom. The lowest BCUT2D eigenvalue weighted by Gasteiger charge is -2.37. The molecule has 1 saturated heterocycles. The summed E-state index contributed by atoms with van der Waals surface area (Å²) in [5.41, 5.74) is 0.914. The number of nitrogens with zero attached hydrogens (tertiary/aromatic N) is 2. The van der Waals surface area contributed by atoms with E-state index in [1.54, 1.807) is 11.8 Å². The SMILES string of the molecule is CC1(c2cccc3ccccc23)NC(=O)N(CC(=O)N2c3ccccc3OCC2c2ccccc2)C1=O. The molecule has 0 saturated carbocycles. The monoisotopic (exact) mass is 491 g/mol. The largest absolute Gasteiger partial charge is 0.489 e. The first-order chi connectivity index (χ1) is 18.0. The molecule has 4 amide bonds. The second-order valence-electron chi connectivity index (χ2n) is 9.44. The van der Waals surface area contributed by atoms with Gasteiger partial charge in [0, 0.05) is 0 Å². The topological polar surface area (TPSA) is 79.0 Å². The summed E-state index contributed by atoms with van der Waals surface area (Å²) in [6.45, 7) is 1.57. The van der Waals surface area contributed by atoms with E-state index in [1.807, 2.05) is 97.1 Å². The fraction of sp³-hybridized carbons (Fsp3) is 0.167. The minimum Gasteiger partial charge on any atom is -0.489 e. The minimum atomic E-state index is -1.29. The molecule has 0 radical (unpaired) electrons. The lowest BCUT2D eigenvalue weighted by molar-refractivity contribution is -0.134. The van der Waals surface area contributed by atoms with Crippen LogP contribution in [0.5, 0.6) is 5.75 Å². The summed E-state index contributed by atoms with van der Waals surface area (Å²) in [6, 6.07) is 29.3. The zero-order valence-electron chi connectivity index (χ0n) is 20.3. The van der Waals surface area contributed by atoms with Gasteiger partial charge in [0.15, 0.2) is 0 Å². The van der Waals surface area contributed by atoms with Crippen LogP contribution in [0.4, 0.5) is 10.5 Å². The van der Waals surface area contributed by atoms with Crippen LogP contribution in [0.2, 0.25) is 0 Å². The molecule has 0 aliphatic carbocycles. The highest BCUT2D eigenvalue weighted by atomic mass is 16.5. The lowest BCUT2D eigenvalue weighted by atomic mass is 9.88. The molecule has 2 aliphatic heterocycles. The van der Waals surface area contributed by atoms with Crippen molar-refractivity contribution in [1.29, 1.82) is 0 Å². The summed E-state index contributed by atoms with van der Waals surface area (Å²) in [5, 5.41) is 4.69. The minimum absolute atomic E-state index is 0.265. The maximum atomic E-state index is 13.8. The molecule has 2 unspecified atom stereocenters. The number of carbonyl (C=O) groups is 3. The van der Waals surface area contributed by atoms with E-state index in [4.69, 9.17) is 4.74 Å². The van der Waals surface area contributed by atoms with Crippen LogP contribution >= 0.6 is 0 Å². The first-order valence-corrected chi connectivity index (χ1v) is 12.2. The zero-order chi connectivity index (χ0) is 25.6. The molecule has 4 aromatic carbocycles. The quantitative estimate of drug-likeness (QED) is 0.417. The highest BCUT2D eigenvalue weighted by molar-refractivity contribution is 6.12. The number of urea groups is 1. The van der Waals surface area contributed by atoms with Gasteiger partial charge in [-0.3, -0.25) is 19.4 Å². The fourth-order valence-electron chi connectivity index (χ4n) is 5.31. The second-order valence-corrected chi connectivity index (χ2v) is 9.44. The predicted octanol–water partition coefficient (Wildman–Crippen LogP) is 4.77. The van der Waals surface area contributed by atoms with Gasteiger partial charge in [-0.15, -0.1) is 0 Å². The molecule has 0 spiro atoms. The standard InChI is InChI=1S/C30H25N3O4/c1-30(23-15-9-13-20-10-5-6-14-22(20)23)28(35)32(29(36)31-30)18-27(34)33-24-16-7-8-17-26(24)37-19-25(33)21-11-3-2-4-12-21/h2-17,25H,18-19H2,1H3,(H,31,36). The maximum absolute atomic E-state index is 13.8. The number of ether oxygens (including phenoxy) is 1. The molecule has 7 nitrogen and oxygen atoms in total. The Balaban J connectivity index is 1.34. The highest BCUT2D eigenvalue weighted by Gasteiger charge is 2.50. The summed E-state index contributed by atoms with van der Waals surface area (Å²) in [6.07, 6.45) is 0. The van der Waals surface area contributed by atoms with Crippen molar-refractivity contribution < 1.29 is 19.1 Å². The molecule has 4 aromatic rings. The van der Waals surface area contributed by atoms with Crippen molar-refractivity contribution in [1.82, 2.24) is 10.2 Å². The first-order valence-electron chi connectivity index (χ1n) is 12.2. The van der Waals surface area contributed by atoms with Crippen molar-refractivity contribution in [2.75, 3.05) is 18.1 Å². The molecule has 2 heterocycles. The average Bonchev–Trinajstić information content (AvgIpc) is 3.16. The van der Waals surface area contributed by atoms with E-state index in [9.17, 15) is 14.4 Å². The van der Waals surface area contributed by atoms with Gasteiger partial charge in [-0.2, -0.15) is 0 Å². The number of amides is 4. The Morgan fingerprint density at radius 3 is 2.46 bits per heavy atom. The molecule has 6 rings (SSSR count). The third-order valence-electron chi connectivity index (χ3n) is 7.18. The van der Waals surface area contributed by atoms with Crippen molar-refractivity contribution >= 4 is 34.3 Å². The van der Waals surface area contributed by atoms with E-state index >= 15 is 0 Å². The van der Waals surface area contributed by atoms with Gasteiger partial charge in [-0.05, 0) is 41.0 Å². The van der Waals surface area contributed by atoms with Gasteiger partial charge in [0.05, 0.1) is 11.7 Å². The Hall–Kier alpha value is -4.65. The predicted molar refractivity (Wildman–Crippen MR) is 140 cm³/mol. The molecule has 7 heteroatoms. The summed E-state index contributed by atoms with van der Waals surface area (Å²) < 4.78 is 5.96. The van der Waals surface area contributed by atoms with Crippen LogP contribution in [0.15, 0.2) is 97.1 Å². The van der Waals surface area contributed by atoms with Crippen molar-refractivity contribution in [2.45, 2.75) is 18.5 Å². The van der Waals surface area contributed by atoms with Gasteiger partial charge in [0.1, 0.15) is 24.4 Å². The van der Waals surface area contributed by atoms with Gasteiger partial charge in [-0.1, -0.05) is 84.9 Å². The van der Waals surface area contributed by atoms with E-state index in [0.717, 1.165) is 21.2 Å². The number of fused-ring (bicyclic) bond motifs is 2. The van der Waals surface area contributed by atoms with Crippen LogP contribution in [0.25, 0.3) is 10.8 Å².